The van der Waals surface area contributed by atoms with Crippen LogP contribution in [0.15, 0.2) is 6.33 Å². The van der Waals surface area contributed by atoms with E-state index in [0.717, 1.165) is 13.0 Å². The van der Waals surface area contributed by atoms with Gasteiger partial charge in [0.1, 0.15) is 23.0 Å². The monoisotopic (exact) mass is 214 g/mol. The van der Waals surface area contributed by atoms with Gasteiger partial charge in [-0.2, -0.15) is 0 Å². The molecule has 0 aliphatic rings. The summed E-state index contributed by atoms with van der Waals surface area (Å²) < 4.78 is 0. The normalized spacial score (nSPS) is 12.5. The molecule has 1 aromatic heterocycles. The molecule has 0 bridgehead atoms. The third-order valence-corrected chi connectivity index (χ3v) is 2.50. The Morgan fingerprint density at radius 2 is 2.29 bits per heavy atom. The highest BCUT2D eigenvalue weighted by Gasteiger charge is 2.06. The minimum atomic E-state index is 0.313. The Kier molecular flexibility index (Phi) is 3.95. The van der Waals surface area contributed by atoms with Crippen molar-refractivity contribution >= 4 is 23.2 Å². The number of hydrogen-bond acceptors (Lipinski definition) is 4. The van der Waals surface area contributed by atoms with E-state index in [1.807, 2.05) is 0 Å². The van der Waals surface area contributed by atoms with Crippen molar-refractivity contribution in [2.45, 2.75) is 20.3 Å². The molecule has 5 heteroatoms. The fourth-order valence-corrected chi connectivity index (χ4v) is 1.09. The van der Waals surface area contributed by atoms with E-state index in [1.54, 1.807) is 0 Å². The summed E-state index contributed by atoms with van der Waals surface area (Å²) in [5.74, 6) is 1.51. The summed E-state index contributed by atoms with van der Waals surface area (Å²) >= 11 is 5.91. The molecule has 0 saturated heterocycles. The second-order valence-corrected chi connectivity index (χ2v) is 3.69. The lowest BCUT2D eigenvalue weighted by molar-refractivity contribution is 0.592. The minimum absolute atomic E-state index is 0.313. The molecular formula is C9H15ClN4. The molecule has 1 atom stereocenters. The van der Waals surface area contributed by atoms with E-state index >= 15 is 0 Å². The van der Waals surface area contributed by atoms with Crippen LogP contribution in [0, 0.1) is 5.92 Å². The molecule has 0 radical (unpaired) electrons. The number of hydrogen-bond donors (Lipinski definition) is 2. The topological polar surface area (TPSA) is 63.8 Å². The fraction of sp³-hybridized carbons (Fsp3) is 0.556. The molecule has 4 nitrogen and oxygen atoms in total. The zero-order chi connectivity index (χ0) is 10.6. The molecule has 0 aromatic carbocycles. The summed E-state index contributed by atoms with van der Waals surface area (Å²) in [7, 11) is 0. The Hall–Kier alpha value is -1.03. The van der Waals surface area contributed by atoms with Crippen LogP contribution in [-0.2, 0) is 0 Å². The molecule has 0 fully saturated rings. The predicted molar refractivity (Wildman–Crippen MR) is 59.4 cm³/mol. The highest BCUT2D eigenvalue weighted by molar-refractivity contribution is 6.35. The molecule has 1 unspecified atom stereocenters. The lowest BCUT2D eigenvalue weighted by Gasteiger charge is -2.11. The molecule has 78 valence electrons. The largest absolute Gasteiger partial charge is 0.382 e. The van der Waals surface area contributed by atoms with Gasteiger partial charge in [0.05, 0.1) is 0 Å². The Balaban J connectivity index is 2.63. The molecule has 3 N–H and O–H groups in total. The zero-order valence-electron chi connectivity index (χ0n) is 8.42. The average Bonchev–Trinajstić information content (AvgIpc) is 2.20. The van der Waals surface area contributed by atoms with Gasteiger partial charge in [0, 0.05) is 6.54 Å². The van der Waals surface area contributed by atoms with Crippen molar-refractivity contribution in [3.8, 4) is 0 Å². The maximum absolute atomic E-state index is 5.91. The van der Waals surface area contributed by atoms with Gasteiger partial charge in [-0.3, -0.25) is 0 Å². The molecule has 1 rings (SSSR count). The summed E-state index contributed by atoms with van der Waals surface area (Å²) in [5, 5.41) is 3.54. The van der Waals surface area contributed by atoms with Crippen LogP contribution in [0.3, 0.4) is 0 Å². The smallest absolute Gasteiger partial charge is 0.150 e. The Bertz CT molecular complexity index is 303. The van der Waals surface area contributed by atoms with Gasteiger partial charge in [-0.1, -0.05) is 31.9 Å². The number of rotatable bonds is 4. The van der Waals surface area contributed by atoms with Crippen molar-refractivity contribution in [2.75, 3.05) is 17.6 Å². The number of aromatic nitrogens is 2. The highest BCUT2D eigenvalue weighted by atomic mass is 35.5. The summed E-state index contributed by atoms with van der Waals surface area (Å²) in [5.41, 5.74) is 5.54. The van der Waals surface area contributed by atoms with Gasteiger partial charge >= 0.3 is 0 Å². The lowest BCUT2D eigenvalue weighted by Crippen LogP contribution is -2.12. The first-order valence-corrected chi connectivity index (χ1v) is 5.02. The molecule has 1 aromatic rings. The second kappa shape index (κ2) is 5.00. The van der Waals surface area contributed by atoms with Gasteiger partial charge in [-0.05, 0) is 5.92 Å². The van der Waals surface area contributed by atoms with Crippen LogP contribution >= 0.6 is 11.6 Å². The van der Waals surface area contributed by atoms with Crippen LogP contribution < -0.4 is 11.1 Å². The Morgan fingerprint density at radius 3 is 2.93 bits per heavy atom. The van der Waals surface area contributed by atoms with Crippen LogP contribution in [0.25, 0.3) is 0 Å². The molecule has 0 saturated carbocycles. The van der Waals surface area contributed by atoms with Gasteiger partial charge in [-0.15, -0.1) is 0 Å². The zero-order valence-corrected chi connectivity index (χ0v) is 9.17. The van der Waals surface area contributed by atoms with E-state index in [9.17, 15) is 0 Å². The van der Waals surface area contributed by atoms with E-state index in [-0.39, 0.29) is 0 Å². The predicted octanol–water partition coefficient (Wildman–Crippen LogP) is 2.17. The van der Waals surface area contributed by atoms with Crippen molar-refractivity contribution in [1.29, 1.82) is 0 Å². The van der Waals surface area contributed by atoms with E-state index in [1.165, 1.54) is 6.33 Å². The molecular weight excluding hydrogens is 200 g/mol. The summed E-state index contributed by atoms with van der Waals surface area (Å²) in [6, 6.07) is 0. The Labute approximate surface area is 88.9 Å². The number of nitrogens with zero attached hydrogens (tertiary/aromatic N) is 2. The number of nitrogen functional groups attached to an aromatic ring is 1. The number of halogens is 1. The van der Waals surface area contributed by atoms with E-state index in [0.29, 0.717) is 22.6 Å². The van der Waals surface area contributed by atoms with Crippen molar-refractivity contribution in [3.05, 3.63) is 11.3 Å². The van der Waals surface area contributed by atoms with Gasteiger partial charge < -0.3 is 11.1 Å². The third-order valence-electron chi connectivity index (χ3n) is 2.13. The highest BCUT2D eigenvalue weighted by Crippen LogP contribution is 2.23. The van der Waals surface area contributed by atoms with E-state index in [4.69, 9.17) is 17.3 Å². The molecule has 0 aliphatic heterocycles. The maximum atomic E-state index is 5.91. The van der Waals surface area contributed by atoms with Crippen LogP contribution in [0.4, 0.5) is 11.6 Å². The Morgan fingerprint density at radius 1 is 1.57 bits per heavy atom. The molecule has 0 amide bonds. The summed E-state index contributed by atoms with van der Waals surface area (Å²) in [4.78, 5) is 7.79. The second-order valence-electron chi connectivity index (χ2n) is 3.32. The molecule has 0 spiro atoms. The fourth-order valence-electron chi connectivity index (χ4n) is 0.922. The maximum Gasteiger partial charge on any atom is 0.150 e. The molecule has 14 heavy (non-hydrogen) atoms. The van der Waals surface area contributed by atoms with E-state index in [2.05, 4.69) is 29.1 Å². The molecule has 0 aliphatic carbocycles. The number of nitrogens with two attached hydrogens (primary N) is 1. The van der Waals surface area contributed by atoms with Crippen molar-refractivity contribution < 1.29 is 0 Å². The van der Waals surface area contributed by atoms with Crippen LogP contribution in [0.5, 0.6) is 0 Å². The SMILES string of the molecule is CCC(C)CNc1ncnc(N)c1Cl. The number of nitrogens with one attached hydrogen (secondary N) is 1. The minimum Gasteiger partial charge on any atom is -0.382 e. The first-order valence-electron chi connectivity index (χ1n) is 4.65. The van der Waals surface area contributed by atoms with Gasteiger partial charge in [-0.25, -0.2) is 9.97 Å². The summed E-state index contributed by atoms with van der Waals surface area (Å²) in [6.07, 6.45) is 2.52. The first kappa shape index (κ1) is 11.0. The first-order chi connectivity index (χ1) is 6.65. The van der Waals surface area contributed by atoms with Gasteiger partial charge in [0.2, 0.25) is 0 Å². The van der Waals surface area contributed by atoms with Crippen molar-refractivity contribution in [2.24, 2.45) is 5.92 Å². The molecule has 1 heterocycles. The van der Waals surface area contributed by atoms with E-state index < -0.39 is 0 Å². The van der Waals surface area contributed by atoms with Gasteiger partial charge in [0.25, 0.3) is 0 Å². The summed E-state index contributed by atoms with van der Waals surface area (Å²) in [6.45, 7) is 5.14. The lowest BCUT2D eigenvalue weighted by atomic mass is 10.1. The number of anilines is 2. The van der Waals surface area contributed by atoms with Crippen LogP contribution in [0.2, 0.25) is 5.02 Å². The third kappa shape index (κ3) is 2.73. The average molecular weight is 215 g/mol. The quantitative estimate of drug-likeness (QED) is 0.807. The van der Waals surface area contributed by atoms with Gasteiger partial charge in [0.15, 0.2) is 0 Å². The standard InChI is InChI=1S/C9H15ClN4/c1-3-6(2)4-12-9-7(10)8(11)13-5-14-9/h5-6H,3-4H2,1-2H3,(H3,11,12,13,14). The van der Waals surface area contributed by atoms with Crippen LogP contribution in [0.1, 0.15) is 20.3 Å². The van der Waals surface area contributed by atoms with Crippen LogP contribution in [-0.4, -0.2) is 16.5 Å². The van der Waals surface area contributed by atoms with Crippen molar-refractivity contribution in [1.82, 2.24) is 9.97 Å². The van der Waals surface area contributed by atoms with Crippen molar-refractivity contribution in [3.63, 3.8) is 0 Å².